The number of amides is 1. The lowest BCUT2D eigenvalue weighted by molar-refractivity contribution is -0.138. The van der Waals surface area contributed by atoms with Crippen molar-refractivity contribution in [1.82, 2.24) is 24.8 Å². The Hall–Kier alpha value is -3.13. The van der Waals surface area contributed by atoms with Gasteiger partial charge >= 0.3 is 6.18 Å². The number of aromatic nitrogens is 4. The molecule has 0 bridgehead atoms. The molecule has 0 aromatic carbocycles. The Labute approximate surface area is 222 Å². The Balaban J connectivity index is 1.96. The maximum atomic E-state index is 13.9. The van der Waals surface area contributed by atoms with E-state index in [-0.39, 0.29) is 40.0 Å². The van der Waals surface area contributed by atoms with Crippen molar-refractivity contribution in [1.29, 1.82) is 0 Å². The number of carbonyl (C=O) groups excluding carboxylic acids is 2. The van der Waals surface area contributed by atoms with E-state index in [2.05, 4.69) is 20.3 Å². The minimum absolute atomic E-state index is 0.0229. The molecule has 14 heteroatoms. The van der Waals surface area contributed by atoms with Crippen molar-refractivity contribution in [3.63, 3.8) is 0 Å². The number of Topliss-reactive ketones (excluding diaryl/α,β-unsaturated/α-hetero) is 1. The number of alkyl halides is 3. The van der Waals surface area contributed by atoms with Gasteiger partial charge in [0.2, 0.25) is 0 Å². The highest BCUT2D eigenvalue weighted by Gasteiger charge is 2.35. The fraction of sp³-hybridized carbons (Fsp3) is 0.458. The first-order chi connectivity index (χ1) is 17.5. The molecule has 3 rings (SSSR count). The fourth-order valence-corrected chi connectivity index (χ4v) is 5.89. The number of ketones is 1. The van der Waals surface area contributed by atoms with Crippen LogP contribution in [0, 0.1) is 6.92 Å². The molecule has 3 aromatic heterocycles. The maximum absolute atomic E-state index is 13.9. The normalized spacial score (nSPS) is 12.6. The van der Waals surface area contributed by atoms with Gasteiger partial charge in [0.05, 0.1) is 30.6 Å². The molecule has 206 valence electrons. The summed E-state index contributed by atoms with van der Waals surface area (Å²) in [5.41, 5.74) is -1.73. The monoisotopic (exact) mass is 571 g/mol. The third-order valence-corrected chi connectivity index (χ3v) is 8.99. The van der Waals surface area contributed by atoms with E-state index in [9.17, 15) is 31.2 Å². The molecule has 0 unspecified atom stereocenters. The van der Waals surface area contributed by atoms with Gasteiger partial charge in [0.1, 0.15) is 26.4 Å². The van der Waals surface area contributed by atoms with Crippen LogP contribution in [-0.2, 0) is 34.5 Å². The van der Waals surface area contributed by atoms with Gasteiger partial charge in [0, 0.05) is 29.8 Å². The molecular formula is C24H28F3N5O4S2. The number of hydrogen-bond acceptors (Lipinski definition) is 8. The van der Waals surface area contributed by atoms with E-state index in [1.165, 1.54) is 17.7 Å². The lowest BCUT2D eigenvalue weighted by Gasteiger charge is -2.22. The molecule has 0 spiro atoms. The van der Waals surface area contributed by atoms with Gasteiger partial charge in [0.15, 0.2) is 15.6 Å². The highest BCUT2D eigenvalue weighted by molar-refractivity contribution is 7.93. The zero-order chi connectivity index (χ0) is 28.6. The second-order valence-electron chi connectivity index (χ2n) is 9.65. The number of nitrogens with zero attached hydrogens (tertiary/aromatic N) is 4. The SMILES string of the molecule is CCS(=O)(=O)c1cnc(CNC(=O)c2nc(C(C)(C)C)n(Cc3cnc(C(C)=O)cc3C(F)(F)F)c2C)s1. The summed E-state index contributed by atoms with van der Waals surface area (Å²) in [6.45, 7) is 9.38. The van der Waals surface area contributed by atoms with Gasteiger partial charge in [-0.1, -0.05) is 27.7 Å². The van der Waals surface area contributed by atoms with Crippen LogP contribution in [0.5, 0.6) is 0 Å². The number of carbonyl (C=O) groups is 2. The Morgan fingerprint density at radius 3 is 2.34 bits per heavy atom. The van der Waals surface area contributed by atoms with Crippen LogP contribution in [0.4, 0.5) is 13.2 Å². The summed E-state index contributed by atoms with van der Waals surface area (Å²) in [7, 11) is -3.42. The molecule has 3 aromatic rings. The zero-order valence-electron chi connectivity index (χ0n) is 21.7. The summed E-state index contributed by atoms with van der Waals surface area (Å²) in [5.74, 6) is -0.858. The zero-order valence-corrected chi connectivity index (χ0v) is 23.4. The Morgan fingerprint density at radius 1 is 1.13 bits per heavy atom. The quantitative estimate of drug-likeness (QED) is 0.399. The highest BCUT2D eigenvalue weighted by Crippen LogP contribution is 2.34. The first-order valence-electron chi connectivity index (χ1n) is 11.6. The molecule has 0 saturated heterocycles. The van der Waals surface area contributed by atoms with Gasteiger partial charge in [-0.15, -0.1) is 11.3 Å². The average Bonchev–Trinajstić information content (AvgIpc) is 3.42. The van der Waals surface area contributed by atoms with E-state index >= 15 is 0 Å². The van der Waals surface area contributed by atoms with Gasteiger partial charge in [-0.25, -0.2) is 18.4 Å². The van der Waals surface area contributed by atoms with Crippen LogP contribution in [0.15, 0.2) is 22.7 Å². The van der Waals surface area contributed by atoms with Gasteiger partial charge < -0.3 is 9.88 Å². The van der Waals surface area contributed by atoms with Crippen LogP contribution in [0.2, 0.25) is 0 Å². The predicted octanol–water partition coefficient (Wildman–Crippen LogP) is 4.33. The summed E-state index contributed by atoms with van der Waals surface area (Å²) >= 11 is 0.950. The van der Waals surface area contributed by atoms with Crippen LogP contribution in [0.1, 0.15) is 83.2 Å². The van der Waals surface area contributed by atoms with Gasteiger partial charge in [-0.3, -0.25) is 14.6 Å². The van der Waals surface area contributed by atoms with Crippen molar-refractivity contribution in [3.05, 3.63) is 57.5 Å². The van der Waals surface area contributed by atoms with Gasteiger partial charge in [-0.05, 0) is 13.0 Å². The molecule has 3 heterocycles. The summed E-state index contributed by atoms with van der Waals surface area (Å²) < 4.78 is 67.2. The third-order valence-electron chi connectivity index (χ3n) is 5.71. The topological polar surface area (TPSA) is 124 Å². The summed E-state index contributed by atoms with van der Waals surface area (Å²) in [6.07, 6.45) is -2.46. The van der Waals surface area contributed by atoms with Crippen molar-refractivity contribution < 1.29 is 31.2 Å². The predicted molar refractivity (Wildman–Crippen MR) is 135 cm³/mol. The molecule has 0 aliphatic carbocycles. The van der Waals surface area contributed by atoms with Crippen LogP contribution >= 0.6 is 11.3 Å². The number of sulfone groups is 1. The lowest BCUT2D eigenvalue weighted by Crippen LogP contribution is -2.24. The molecular weight excluding hydrogens is 543 g/mol. The highest BCUT2D eigenvalue weighted by atomic mass is 32.2. The van der Waals surface area contributed by atoms with E-state index < -0.39 is 38.7 Å². The van der Waals surface area contributed by atoms with Crippen molar-refractivity contribution in [2.45, 2.75) is 70.4 Å². The van der Waals surface area contributed by atoms with Gasteiger partial charge in [-0.2, -0.15) is 13.2 Å². The third kappa shape index (κ3) is 6.29. The molecule has 38 heavy (non-hydrogen) atoms. The smallest absolute Gasteiger partial charge is 0.344 e. The summed E-state index contributed by atoms with van der Waals surface area (Å²) in [6, 6.07) is 0.731. The van der Waals surface area contributed by atoms with Crippen LogP contribution in [0.3, 0.4) is 0 Å². The van der Waals surface area contributed by atoms with Crippen molar-refractivity contribution in [2.24, 2.45) is 0 Å². The molecule has 1 N–H and O–H groups in total. The van der Waals surface area contributed by atoms with Crippen LogP contribution in [0.25, 0.3) is 0 Å². The van der Waals surface area contributed by atoms with Gasteiger partial charge in [0.25, 0.3) is 5.91 Å². The number of imidazole rings is 1. The molecule has 0 radical (unpaired) electrons. The standard InChI is InChI=1S/C24H28F3N5O4S2/c1-7-38(35,36)19-11-29-18(37-19)10-30-21(34)20-13(2)32(22(31-20)23(4,5)6)12-15-9-28-17(14(3)33)8-16(15)24(25,26)27/h8-9,11H,7,10,12H2,1-6H3,(H,30,34). The Morgan fingerprint density at radius 2 is 1.79 bits per heavy atom. The van der Waals surface area contributed by atoms with E-state index in [4.69, 9.17) is 0 Å². The van der Waals surface area contributed by atoms with E-state index in [0.29, 0.717) is 16.5 Å². The number of hydrogen-bond donors (Lipinski definition) is 1. The van der Waals surface area contributed by atoms with Crippen molar-refractivity contribution in [2.75, 3.05) is 5.75 Å². The molecule has 1 amide bonds. The van der Waals surface area contributed by atoms with Crippen LogP contribution < -0.4 is 5.32 Å². The van der Waals surface area contributed by atoms with E-state index in [0.717, 1.165) is 30.5 Å². The van der Waals surface area contributed by atoms with Crippen molar-refractivity contribution >= 4 is 32.9 Å². The Bertz CT molecular complexity index is 1490. The summed E-state index contributed by atoms with van der Waals surface area (Å²) in [5, 5.41) is 3.04. The maximum Gasteiger partial charge on any atom is 0.416 e. The Kier molecular flexibility index (Phi) is 8.18. The van der Waals surface area contributed by atoms with Crippen molar-refractivity contribution in [3.8, 4) is 0 Å². The average molecular weight is 572 g/mol. The lowest BCUT2D eigenvalue weighted by atomic mass is 9.95. The molecule has 0 aliphatic rings. The number of pyridine rings is 1. The summed E-state index contributed by atoms with van der Waals surface area (Å²) in [4.78, 5) is 37.1. The number of thiazole rings is 1. The van der Waals surface area contributed by atoms with E-state index in [1.54, 1.807) is 6.92 Å². The minimum Gasteiger partial charge on any atom is -0.344 e. The number of halogens is 3. The van der Waals surface area contributed by atoms with Crippen LogP contribution in [-0.4, -0.2) is 45.4 Å². The molecule has 0 saturated carbocycles. The number of rotatable bonds is 8. The molecule has 0 aliphatic heterocycles. The largest absolute Gasteiger partial charge is 0.416 e. The molecule has 9 nitrogen and oxygen atoms in total. The molecule has 0 atom stereocenters. The number of nitrogens with one attached hydrogen (secondary N) is 1. The minimum atomic E-state index is -4.73. The second-order valence-corrected chi connectivity index (χ2v) is 13.3. The molecule has 0 fully saturated rings. The first kappa shape index (κ1) is 29.4. The first-order valence-corrected chi connectivity index (χ1v) is 14.0. The second kappa shape index (κ2) is 10.6. The van der Waals surface area contributed by atoms with E-state index in [1.807, 2.05) is 20.8 Å². The fourth-order valence-electron chi connectivity index (χ4n) is 3.65.